The normalized spacial score (nSPS) is 14.6. The van der Waals surface area contributed by atoms with Crippen molar-refractivity contribution in [1.82, 2.24) is 25.1 Å². The highest BCUT2D eigenvalue weighted by Crippen LogP contribution is 2.24. The fraction of sp³-hybridized carbons (Fsp3) is 0.467. The minimum absolute atomic E-state index is 0.0440. The Kier molecular flexibility index (Phi) is 5.12. The molecule has 122 valence electrons. The van der Waals surface area contributed by atoms with Gasteiger partial charge in [-0.1, -0.05) is 17.8 Å². The number of tetrazole rings is 1. The van der Waals surface area contributed by atoms with Gasteiger partial charge in [0.05, 0.1) is 18.6 Å². The van der Waals surface area contributed by atoms with Gasteiger partial charge >= 0.3 is 0 Å². The molecule has 0 aromatic carbocycles. The highest BCUT2D eigenvalue weighted by molar-refractivity contribution is 7.99. The molecule has 2 aromatic rings. The van der Waals surface area contributed by atoms with Crippen molar-refractivity contribution in [2.45, 2.75) is 37.4 Å². The van der Waals surface area contributed by atoms with E-state index in [4.69, 9.17) is 4.42 Å². The van der Waals surface area contributed by atoms with E-state index in [9.17, 15) is 4.79 Å². The van der Waals surface area contributed by atoms with Crippen LogP contribution in [0.1, 0.15) is 31.4 Å². The molecule has 23 heavy (non-hydrogen) atoms. The zero-order valence-corrected chi connectivity index (χ0v) is 13.8. The predicted molar refractivity (Wildman–Crippen MR) is 85.3 cm³/mol. The predicted octanol–water partition coefficient (Wildman–Crippen LogP) is 2.38. The third-order valence-electron chi connectivity index (χ3n) is 3.71. The minimum atomic E-state index is 0.0440. The van der Waals surface area contributed by atoms with E-state index >= 15 is 0 Å². The second-order valence-corrected chi connectivity index (χ2v) is 6.32. The zero-order valence-electron chi connectivity index (χ0n) is 13.0. The summed E-state index contributed by atoms with van der Waals surface area (Å²) in [6.07, 6.45) is 8.06. The zero-order chi connectivity index (χ0) is 16.1. The van der Waals surface area contributed by atoms with Gasteiger partial charge < -0.3 is 9.32 Å². The smallest absolute Gasteiger partial charge is 0.237 e. The minimum Gasteiger partial charge on any atom is -0.467 e. The van der Waals surface area contributed by atoms with Crippen LogP contribution in [0.3, 0.4) is 0 Å². The Hall–Kier alpha value is -2.09. The molecule has 0 bridgehead atoms. The van der Waals surface area contributed by atoms with E-state index in [2.05, 4.69) is 21.6 Å². The lowest BCUT2D eigenvalue weighted by molar-refractivity contribution is -0.127. The molecular weight excluding hydrogens is 314 g/mol. The molecule has 3 rings (SSSR count). The van der Waals surface area contributed by atoms with Crippen LogP contribution in [0.2, 0.25) is 0 Å². The van der Waals surface area contributed by atoms with E-state index in [1.165, 1.54) is 18.2 Å². The summed E-state index contributed by atoms with van der Waals surface area (Å²) in [6.45, 7) is 0.468. The Morgan fingerprint density at radius 3 is 3.04 bits per heavy atom. The van der Waals surface area contributed by atoms with Crippen LogP contribution in [-0.4, -0.2) is 36.8 Å². The van der Waals surface area contributed by atoms with Gasteiger partial charge in [0.2, 0.25) is 11.1 Å². The Bertz CT molecular complexity index is 680. The molecule has 0 atom stereocenters. The van der Waals surface area contributed by atoms with Crippen LogP contribution >= 0.6 is 11.8 Å². The number of hydrogen-bond acceptors (Lipinski definition) is 6. The summed E-state index contributed by atoms with van der Waals surface area (Å²) in [5.41, 5.74) is 1.09. The molecule has 1 aliphatic carbocycles. The molecule has 7 nitrogen and oxygen atoms in total. The van der Waals surface area contributed by atoms with Crippen molar-refractivity contribution in [3.05, 3.63) is 35.9 Å². The summed E-state index contributed by atoms with van der Waals surface area (Å²) in [6, 6.07) is 3.73. The van der Waals surface area contributed by atoms with Crippen LogP contribution in [0, 0.1) is 0 Å². The van der Waals surface area contributed by atoms with Crippen molar-refractivity contribution >= 4 is 17.7 Å². The number of carbonyl (C=O) groups excluding carboxylic acids is 1. The largest absolute Gasteiger partial charge is 0.467 e. The number of rotatable bonds is 6. The summed E-state index contributed by atoms with van der Waals surface area (Å²) >= 11 is 1.34. The Labute approximate surface area is 138 Å². The van der Waals surface area contributed by atoms with E-state index < -0.39 is 0 Å². The molecule has 0 fully saturated rings. The first-order valence-electron chi connectivity index (χ1n) is 7.61. The first kappa shape index (κ1) is 15.8. The molecule has 2 heterocycles. The van der Waals surface area contributed by atoms with Crippen LogP contribution in [0.5, 0.6) is 0 Å². The van der Waals surface area contributed by atoms with Gasteiger partial charge in [-0.25, -0.2) is 4.68 Å². The Balaban J connectivity index is 1.70. The van der Waals surface area contributed by atoms with Crippen LogP contribution in [0.4, 0.5) is 0 Å². The second kappa shape index (κ2) is 7.45. The number of hydrogen-bond donors (Lipinski definition) is 0. The van der Waals surface area contributed by atoms with E-state index in [1.54, 1.807) is 18.0 Å². The molecule has 1 aliphatic rings. The molecule has 0 aliphatic heterocycles. The number of carbonyl (C=O) groups is 1. The molecule has 1 amide bonds. The molecule has 2 aromatic heterocycles. The molecule has 0 saturated heterocycles. The summed E-state index contributed by atoms with van der Waals surface area (Å²) in [7, 11) is 1.76. The number of aryl methyl sites for hydroxylation is 1. The van der Waals surface area contributed by atoms with E-state index in [1.807, 2.05) is 17.0 Å². The fourth-order valence-corrected chi connectivity index (χ4v) is 3.25. The molecule has 0 spiro atoms. The van der Waals surface area contributed by atoms with Gasteiger partial charge in [0.25, 0.3) is 0 Å². The third-order valence-corrected chi connectivity index (χ3v) is 4.71. The first-order chi connectivity index (χ1) is 11.2. The van der Waals surface area contributed by atoms with Crippen molar-refractivity contribution < 1.29 is 9.21 Å². The number of nitrogens with zero attached hydrogens (tertiary/aromatic N) is 5. The highest BCUT2D eigenvalue weighted by atomic mass is 32.2. The van der Waals surface area contributed by atoms with Crippen molar-refractivity contribution in [3.8, 4) is 0 Å². The quantitative estimate of drug-likeness (QED) is 0.755. The topological polar surface area (TPSA) is 77.1 Å². The van der Waals surface area contributed by atoms with Crippen LogP contribution in [0.15, 0.2) is 39.7 Å². The van der Waals surface area contributed by atoms with Crippen molar-refractivity contribution in [3.63, 3.8) is 0 Å². The number of aromatic nitrogens is 4. The Morgan fingerprint density at radius 1 is 1.48 bits per heavy atom. The summed E-state index contributed by atoms with van der Waals surface area (Å²) in [5.74, 6) is 1.13. The lowest BCUT2D eigenvalue weighted by Gasteiger charge is -2.27. The molecule has 0 radical (unpaired) electrons. The van der Waals surface area contributed by atoms with E-state index in [0.29, 0.717) is 17.5 Å². The average molecular weight is 333 g/mol. The fourth-order valence-electron chi connectivity index (χ4n) is 2.52. The number of thioether (sulfide) groups is 1. The van der Waals surface area contributed by atoms with Gasteiger partial charge in [0, 0.05) is 12.7 Å². The molecular formula is C15H19N5O2S. The van der Waals surface area contributed by atoms with Gasteiger partial charge in [-0.15, -0.1) is 5.10 Å². The van der Waals surface area contributed by atoms with Crippen LogP contribution in [0.25, 0.3) is 0 Å². The number of amides is 1. The maximum atomic E-state index is 12.7. The second-order valence-electron chi connectivity index (χ2n) is 5.37. The van der Waals surface area contributed by atoms with Gasteiger partial charge in [-0.05, 0) is 48.2 Å². The summed E-state index contributed by atoms with van der Waals surface area (Å²) < 4.78 is 6.97. The van der Waals surface area contributed by atoms with Crippen molar-refractivity contribution in [2.75, 3.05) is 5.75 Å². The number of allylic oxidation sites excluding steroid dienone is 2. The van der Waals surface area contributed by atoms with Gasteiger partial charge in [-0.3, -0.25) is 4.79 Å². The maximum Gasteiger partial charge on any atom is 0.237 e. The lowest BCUT2D eigenvalue weighted by Crippen LogP contribution is -2.32. The van der Waals surface area contributed by atoms with Gasteiger partial charge in [0.15, 0.2) is 0 Å². The summed E-state index contributed by atoms with van der Waals surface area (Å²) in [5, 5.41) is 11.9. The summed E-state index contributed by atoms with van der Waals surface area (Å²) in [4.78, 5) is 14.5. The highest BCUT2D eigenvalue weighted by Gasteiger charge is 2.21. The third kappa shape index (κ3) is 4.01. The van der Waals surface area contributed by atoms with Crippen LogP contribution < -0.4 is 0 Å². The molecule has 0 unspecified atom stereocenters. The average Bonchev–Trinajstić information content (AvgIpc) is 3.23. The van der Waals surface area contributed by atoms with Crippen molar-refractivity contribution in [1.29, 1.82) is 0 Å². The maximum absolute atomic E-state index is 12.7. The van der Waals surface area contributed by atoms with Crippen LogP contribution in [-0.2, 0) is 18.4 Å². The lowest BCUT2D eigenvalue weighted by atomic mass is 10.0. The monoisotopic (exact) mass is 333 g/mol. The van der Waals surface area contributed by atoms with E-state index in [-0.39, 0.29) is 5.91 Å². The first-order valence-corrected chi connectivity index (χ1v) is 8.59. The van der Waals surface area contributed by atoms with Gasteiger partial charge in [0.1, 0.15) is 5.76 Å². The van der Waals surface area contributed by atoms with Crippen molar-refractivity contribution in [2.24, 2.45) is 7.05 Å². The SMILES string of the molecule is Cn1nnnc1SCC(=O)N(Cc1ccco1)C1=CCCCC1. The molecule has 0 N–H and O–H groups in total. The Morgan fingerprint density at radius 2 is 2.39 bits per heavy atom. The molecule has 0 saturated carbocycles. The standard InChI is InChI=1S/C15H19N5O2S/c1-19-15(16-17-18-19)23-11-14(21)20(10-13-8-5-9-22-13)12-6-3-2-4-7-12/h5-6,8-9H,2-4,7,10-11H2,1H3. The number of furan rings is 1. The van der Waals surface area contributed by atoms with E-state index in [0.717, 1.165) is 30.7 Å². The molecule has 8 heteroatoms. The van der Waals surface area contributed by atoms with Gasteiger partial charge in [-0.2, -0.15) is 0 Å².